The number of nitrogens with one attached hydrogen (secondary N) is 3. The van der Waals surface area contributed by atoms with Gasteiger partial charge in [0.05, 0.1) is 10.9 Å². The molecule has 0 saturated heterocycles. The number of halogens is 2. The second-order valence-corrected chi connectivity index (χ2v) is 5.89. The second-order valence-electron chi connectivity index (χ2n) is 5.89. The van der Waals surface area contributed by atoms with E-state index >= 15 is 0 Å². The minimum Gasteiger partial charge on any atom is -0.349 e. The predicted octanol–water partition coefficient (Wildman–Crippen LogP) is 0.702. The molecule has 0 bridgehead atoms. The van der Waals surface area contributed by atoms with Gasteiger partial charge in [0.1, 0.15) is 5.65 Å². The van der Waals surface area contributed by atoms with Gasteiger partial charge in [0.25, 0.3) is 11.5 Å². The third kappa shape index (κ3) is 4.59. The van der Waals surface area contributed by atoms with Crippen molar-refractivity contribution in [3.63, 3.8) is 0 Å². The van der Waals surface area contributed by atoms with Gasteiger partial charge in [0.15, 0.2) is 0 Å². The molecule has 25 heavy (non-hydrogen) atoms. The van der Waals surface area contributed by atoms with Gasteiger partial charge in [0.2, 0.25) is 0 Å². The molecule has 1 amide bonds. The summed E-state index contributed by atoms with van der Waals surface area (Å²) in [6, 6.07) is 1.48. The van der Waals surface area contributed by atoms with E-state index in [-0.39, 0.29) is 59.3 Å². The Balaban J connectivity index is 0.00000156. The Morgan fingerprint density at radius 3 is 2.68 bits per heavy atom. The zero-order valence-corrected chi connectivity index (χ0v) is 15.0. The Hall–Kier alpha value is -1.90. The van der Waals surface area contributed by atoms with Crippen molar-refractivity contribution < 1.29 is 4.79 Å². The number of aromatic amines is 2. The van der Waals surface area contributed by atoms with Crippen LogP contribution in [0.25, 0.3) is 11.0 Å². The molecule has 2 aromatic rings. The molecule has 0 radical (unpaired) electrons. The molecule has 0 spiro atoms. The molecule has 2 unspecified atom stereocenters. The number of pyridine rings is 1. The minimum absolute atomic E-state index is 0. The first-order valence-corrected chi connectivity index (χ1v) is 7.72. The molecule has 0 aliphatic heterocycles. The van der Waals surface area contributed by atoms with Crippen molar-refractivity contribution in [3.05, 3.63) is 38.7 Å². The molecule has 8 nitrogen and oxygen atoms in total. The van der Waals surface area contributed by atoms with Crippen LogP contribution in [0, 0.1) is 5.92 Å². The summed E-state index contributed by atoms with van der Waals surface area (Å²) in [5.74, 6) is -0.00350. The quantitative estimate of drug-likeness (QED) is 0.612. The SMILES string of the molecule is Cl.Cl.NCC1CCCCC1NC(=O)c1cnc2[nH]c(=O)[nH]c(=O)c2c1. The fraction of sp³-hybridized carbons (Fsp3) is 0.467. The highest BCUT2D eigenvalue weighted by Crippen LogP contribution is 2.23. The van der Waals surface area contributed by atoms with Crippen LogP contribution in [0.2, 0.25) is 0 Å². The summed E-state index contributed by atoms with van der Waals surface area (Å²) in [7, 11) is 0. The Morgan fingerprint density at radius 2 is 1.96 bits per heavy atom. The smallest absolute Gasteiger partial charge is 0.327 e. The summed E-state index contributed by atoms with van der Waals surface area (Å²) >= 11 is 0. The molecule has 3 rings (SSSR count). The zero-order valence-electron chi connectivity index (χ0n) is 13.4. The monoisotopic (exact) mass is 389 g/mol. The first-order chi connectivity index (χ1) is 11.1. The molecule has 1 aliphatic rings. The number of amides is 1. The van der Waals surface area contributed by atoms with Crippen molar-refractivity contribution >= 4 is 41.8 Å². The van der Waals surface area contributed by atoms with E-state index in [1.807, 2.05) is 0 Å². The van der Waals surface area contributed by atoms with Crippen molar-refractivity contribution in [1.29, 1.82) is 0 Å². The molecule has 5 N–H and O–H groups in total. The maximum atomic E-state index is 12.4. The topological polar surface area (TPSA) is 134 Å². The Bertz CT molecular complexity index is 851. The number of carbonyl (C=O) groups is 1. The van der Waals surface area contributed by atoms with E-state index in [4.69, 9.17) is 5.73 Å². The van der Waals surface area contributed by atoms with E-state index in [0.29, 0.717) is 6.54 Å². The zero-order chi connectivity index (χ0) is 16.4. The molecular weight excluding hydrogens is 369 g/mol. The number of hydrogen-bond donors (Lipinski definition) is 4. The summed E-state index contributed by atoms with van der Waals surface area (Å²) in [5.41, 5.74) is 5.03. The van der Waals surface area contributed by atoms with Crippen molar-refractivity contribution in [3.8, 4) is 0 Å². The predicted molar refractivity (Wildman–Crippen MR) is 99.7 cm³/mol. The van der Waals surface area contributed by atoms with Gasteiger partial charge in [-0.3, -0.25) is 19.6 Å². The van der Waals surface area contributed by atoms with Gasteiger partial charge in [-0.1, -0.05) is 12.8 Å². The molecule has 2 aromatic heterocycles. The number of rotatable bonds is 3. The summed E-state index contributed by atoms with van der Waals surface area (Å²) in [6.07, 6.45) is 5.47. The third-order valence-corrected chi connectivity index (χ3v) is 4.38. The minimum atomic E-state index is -0.625. The van der Waals surface area contributed by atoms with Crippen LogP contribution in [0.3, 0.4) is 0 Å². The molecular formula is C15H21Cl2N5O3. The van der Waals surface area contributed by atoms with E-state index in [9.17, 15) is 14.4 Å². The van der Waals surface area contributed by atoms with Crippen molar-refractivity contribution in [1.82, 2.24) is 20.3 Å². The summed E-state index contributed by atoms with van der Waals surface area (Å²) in [5, 5.41) is 3.17. The number of nitrogens with two attached hydrogens (primary N) is 1. The lowest BCUT2D eigenvalue weighted by atomic mass is 9.84. The largest absolute Gasteiger partial charge is 0.349 e. The van der Waals surface area contributed by atoms with Gasteiger partial charge in [-0.05, 0) is 31.4 Å². The second kappa shape index (κ2) is 8.98. The van der Waals surface area contributed by atoms with E-state index in [0.717, 1.165) is 25.7 Å². The highest BCUT2D eigenvalue weighted by molar-refractivity contribution is 5.96. The Labute approximate surface area is 155 Å². The number of carbonyl (C=O) groups excluding carboxylic acids is 1. The van der Waals surface area contributed by atoms with Gasteiger partial charge in [0, 0.05) is 12.2 Å². The number of H-pyrrole nitrogens is 2. The van der Waals surface area contributed by atoms with Crippen LogP contribution < -0.4 is 22.3 Å². The average Bonchev–Trinajstić information content (AvgIpc) is 2.55. The van der Waals surface area contributed by atoms with Crippen LogP contribution in [0.15, 0.2) is 21.9 Å². The molecule has 2 heterocycles. The standard InChI is InChI=1S/C15H19N5O3.2ClH/c16-6-8-3-1-2-4-11(8)18-13(21)9-5-10-12(17-7-9)19-15(23)20-14(10)22;;/h5,7-8,11H,1-4,6,16H2,(H,18,21)(H2,17,19,20,22,23);2*1H. The van der Waals surface area contributed by atoms with Crippen LogP contribution >= 0.6 is 24.8 Å². The fourth-order valence-corrected chi connectivity index (χ4v) is 3.10. The summed E-state index contributed by atoms with van der Waals surface area (Å²) in [6.45, 7) is 0.543. The molecule has 138 valence electrons. The van der Waals surface area contributed by atoms with Crippen molar-refractivity contribution in [2.75, 3.05) is 6.54 Å². The average molecular weight is 390 g/mol. The van der Waals surface area contributed by atoms with Crippen LogP contribution in [0.1, 0.15) is 36.0 Å². The molecule has 0 aromatic carbocycles. The number of nitrogens with zero attached hydrogens (tertiary/aromatic N) is 1. The number of fused-ring (bicyclic) bond motifs is 1. The lowest BCUT2D eigenvalue weighted by Crippen LogP contribution is -2.44. The third-order valence-electron chi connectivity index (χ3n) is 4.38. The summed E-state index contributed by atoms with van der Waals surface area (Å²) < 4.78 is 0. The molecule has 1 aliphatic carbocycles. The van der Waals surface area contributed by atoms with Crippen molar-refractivity contribution in [2.45, 2.75) is 31.7 Å². The first-order valence-electron chi connectivity index (χ1n) is 7.72. The highest BCUT2D eigenvalue weighted by Gasteiger charge is 2.25. The van der Waals surface area contributed by atoms with Crippen LogP contribution in [0.5, 0.6) is 0 Å². The van der Waals surface area contributed by atoms with Gasteiger partial charge < -0.3 is 11.1 Å². The molecule has 10 heteroatoms. The van der Waals surface area contributed by atoms with E-state index in [2.05, 4.69) is 20.3 Å². The van der Waals surface area contributed by atoms with Gasteiger partial charge in [-0.15, -0.1) is 24.8 Å². The maximum Gasteiger partial charge on any atom is 0.327 e. The lowest BCUT2D eigenvalue weighted by molar-refractivity contribution is 0.0908. The fourth-order valence-electron chi connectivity index (χ4n) is 3.10. The van der Waals surface area contributed by atoms with E-state index in [1.54, 1.807) is 0 Å². The van der Waals surface area contributed by atoms with Gasteiger partial charge in [-0.2, -0.15) is 0 Å². The Morgan fingerprint density at radius 1 is 1.24 bits per heavy atom. The maximum absolute atomic E-state index is 12.4. The molecule has 2 atom stereocenters. The number of aromatic nitrogens is 3. The highest BCUT2D eigenvalue weighted by atomic mass is 35.5. The van der Waals surface area contributed by atoms with E-state index in [1.165, 1.54) is 12.3 Å². The lowest BCUT2D eigenvalue weighted by Gasteiger charge is -2.31. The molecule has 1 fully saturated rings. The Kier molecular flexibility index (Phi) is 7.60. The van der Waals surface area contributed by atoms with Crippen molar-refractivity contribution in [2.24, 2.45) is 11.7 Å². The number of hydrogen-bond acceptors (Lipinski definition) is 5. The van der Waals surface area contributed by atoms with Crippen LogP contribution in [0.4, 0.5) is 0 Å². The summed E-state index contributed by atoms with van der Waals surface area (Å²) in [4.78, 5) is 44.0. The normalized spacial score (nSPS) is 19.6. The van der Waals surface area contributed by atoms with Gasteiger partial charge >= 0.3 is 5.69 Å². The van der Waals surface area contributed by atoms with Gasteiger partial charge in [-0.25, -0.2) is 9.78 Å². The van der Waals surface area contributed by atoms with Crippen LogP contribution in [-0.2, 0) is 0 Å². The first kappa shape index (κ1) is 21.1. The van der Waals surface area contributed by atoms with E-state index < -0.39 is 11.2 Å². The van der Waals surface area contributed by atoms with Crippen LogP contribution in [-0.4, -0.2) is 33.4 Å². The molecule has 1 saturated carbocycles.